The maximum Gasteiger partial charge on any atom is 0.138 e. The minimum Gasteiger partial charge on any atom is -0.344 e. The number of unbranched alkanes of at least 4 members (excludes halogenated alkanes) is 10. The van der Waals surface area contributed by atoms with E-state index in [1.165, 1.54) is 64.2 Å². The van der Waals surface area contributed by atoms with Crippen LogP contribution in [0.5, 0.6) is 0 Å². The first-order chi connectivity index (χ1) is 9.54. The molecule has 0 heterocycles. The number of Topliss-reactive ketones (excluding diaryl/α,β-unsaturated/α-hetero) is 1. The Kier molecular flexibility index (Phi) is 15.9. The van der Waals surface area contributed by atoms with Gasteiger partial charge in [-0.15, -0.1) is 0 Å². The van der Waals surface area contributed by atoms with Crippen molar-refractivity contribution in [1.29, 1.82) is 0 Å². The quantitative estimate of drug-likeness (QED) is 0.356. The van der Waals surface area contributed by atoms with Gasteiger partial charge in [0.15, 0.2) is 0 Å². The van der Waals surface area contributed by atoms with Crippen molar-refractivity contribution >= 4 is 5.78 Å². The zero-order valence-electron chi connectivity index (χ0n) is 15.3. The summed E-state index contributed by atoms with van der Waals surface area (Å²) >= 11 is 0. The molecule has 0 radical (unpaired) electrons. The van der Waals surface area contributed by atoms with Gasteiger partial charge in [-0.05, 0) is 12.8 Å². The van der Waals surface area contributed by atoms with E-state index in [-0.39, 0.29) is 11.6 Å². The smallest absolute Gasteiger partial charge is 0.138 e. The Morgan fingerprint density at radius 1 is 0.714 bits per heavy atom. The first kappa shape index (κ1) is 22.9. The highest BCUT2D eigenvalue weighted by Gasteiger charge is 2.23. The van der Waals surface area contributed by atoms with Gasteiger partial charge in [0.1, 0.15) is 5.78 Å². The summed E-state index contributed by atoms with van der Waals surface area (Å²) in [5.74, 6) is 0.455. The normalized spacial score (nSPS) is 11.2. The summed E-state index contributed by atoms with van der Waals surface area (Å²) < 4.78 is 0. The van der Waals surface area contributed by atoms with Crippen molar-refractivity contribution in [2.24, 2.45) is 5.41 Å². The topological polar surface area (TPSA) is 52.1 Å². The van der Waals surface area contributed by atoms with Crippen molar-refractivity contribution in [3.05, 3.63) is 0 Å². The van der Waals surface area contributed by atoms with Gasteiger partial charge >= 0.3 is 0 Å². The molecule has 2 heteroatoms. The second kappa shape index (κ2) is 14.6. The minimum atomic E-state index is -0.0987. The lowest BCUT2D eigenvalue weighted by atomic mass is 9.83. The van der Waals surface area contributed by atoms with Crippen LogP contribution in [0.4, 0.5) is 0 Å². The molecule has 0 rings (SSSR count). The van der Waals surface area contributed by atoms with Crippen LogP contribution in [0.1, 0.15) is 111 Å². The molecule has 0 aromatic carbocycles. The van der Waals surface area contributed by atoms with Gasteiger partial charge in [-0.25, -0.2) is 0 Å². The molecular formula is C19H41NO. The molecule has 0 unspecified atom stereocenters. The van der Waals surface area contributed by atoms with Crippen LogP contribution in [0.15, 0.2) is 0 Å². The van der Waals surface area contributed by atoms with Gasteiger partial charge in [0, 0.05) is 11.8 Å². The summed E-state index contributed by atoms with van der Waals surface area (Å²) in [6, 6.07) is 0. The van der Waals surface area contributed by atoms with Crippen molar-refractivity contribution in [3.8, 4) is 0 Å². The van der Waals surface area contributed by atoms with E-state index in [0.717, 1.165) is 19.3 Å². The standard InChI is InChI=1S/C19H38O.H3N/c1-5-7-8-9-10-11-12-13-14-15-16-17-18(20)19(3,4)6-2;/h5-17H2,1-4H3;1H3. The van der Waals surface area contributed by atoms with E-state index in [1.54, 1.807) is 0 Å². The van der Waals surface area contributed by atoms with E-state index in [4.69, 9.17) is 0 Å². The average molecular weight is 300 g/mol. The van der Waals surface area contributed by atoms with E-state index in [1.807, 2.05) is 0 Å². The van der Waals surface area contributed by atoms with Gasteiger partial charge in [0.2, 0.25) is 0 Å². The second-order valence-electron chi connectivity index (χ2n) is 6.95. The molecule has 0 atom stereocenters. The van der Waals surface area contributed by atoms with Crippen LogP contribution in [0, 0.1) is 5.41 Å². The Morgan fingerprint density at radius 2 is 1.10 bits per heavy atom. The van der Waals surface area contributed by atoms with Crippen molar-refractivity contribution in [1.82, 2.24) is 6.15 Å². The molecule has 2 nitrogen and oxygen atoms in total. The molecule has 0 aromatic rings. The van der Waals surface area contributed by atoms with Crippen molar-refractivity contribution in [2.45, 2.75) is 111 Å². The van der Waals surface area contributed by atoms with E-state index in [2.05, 4.69) is 27.7 Å². The highest BCUT2D eigenvalue weighted by atomic mass is 16.1. The monoisotopic (exact) mass is 299 g/mol. The van der Waals surface area contributed by atoms with Crippen LogP contribution in [0.2, 0.25) is 0 Å². The van der Waals surface area contributed by atoms with Crippen molar-refractivity contribution < 1.29 is 4.79 Å². The number of hydrogen-bond acceptors (Lipinski definition) is 2. The summed E-state index contributed by atoms with van der Waals surface area (Å²) in [5.41, 5.74) is -0.0987. The first-order valence-corrected chi connectivity index (χ1v) is 9.08. The lowest BCUT2D eigenvalue weighted by Gasteiger charge is -2.20. The lowest BCUT2D eigenvalue weighted by Crippen LogP contribution is -2.22. The Labute approximate surface area is 134 Å². The summed E-state index contributed by atoms with van der Waals surface area (Å²) in [4.78, 5) is 12.0. The molecule has 0 fully saturated rings. The van der Waals surface area contributed by atoms with Gasteiger partial charge in [-0.1, -0.05) is 91.9 Å². The number of carbonyl (C=O) groups is 1. The van der Waals surface area contributed by atoms with Crippen molar-refractivity contribution in [2.75, 3.05) is 0 Å². The molecule has 0 aliphatic heterocycles. The Balaban J connectivity index is 0. The van der Waals surface area contributed by atoms with Gasteiger partial charge in [-0.2, -0.15) is 0 Å². The van der Waals surface area contributed by atoms with Gasteiger partial charge in [0.25, 0.3) is 0 Å². The first-order valence-electron chi connectivity index (χ1n) is 9.08. The molecule has 0 aliphatic carbocycles. The zero-order chi connectivity index (χ0) is 15.3. The lowest BCUT2D eigenvalue weighted by molar-refractivity contribution is -0.127. The summed E-state index contributed by atoms with van der Waals surface area (Å²) in [6.45, 7) is 8.53. The molecule has 3 N–H and O–H groups in total. The van der Waals surface area contributed by atoms with E-state index < -0.39 is 0 Å². The third kappa shape index (κ3) is 13.0. The molecule has 0 aliphatic rings. The van der Waals surface area contributed by atoms with Gasteiger partial charge in [0.05, 0.1) is 0 Å². The van der Waals surface area contributed by atoms with Gasteiger partial charge < -0.3 is 6.15 Å². The van der Waals surface area contributed by atoms with Gasteiger partial charge in [-0.3, -0.25) is 4.79 Å². The Hall–Kier alpha value is -0.370. The predicted octanol–water partition coefficient (Wildman–Crippen LogP) is 6.85. The summed E-state index contributed by atoms with van der Waals surface area (Å²) in [5, 5.41) is 0. The van der Waals surface area contributed by atoms with Crippen LogP contribution in [-0.2, 0) is 4.79 Å². The second-order valence-corrected chi connectivity index (χ2v) is 6.95. The molecule has 0 bridgehead atoms. The number of rotatable bonds is 14. The maximum atomic E-state index is 12.0. The highest BCUT2D eigenvalue weighted by Crippen LogP contribution is 2.24. The molecular weight excluding hydrogens is 258 g/mol. The van der Waals surface area contributed by atoms with Crippen LogP contribution in [0.25, 0.3) is 0 Å². The van der Waals surface area contributed by atoms with Crippen LogP contribution < -0.4 is 6.15 Å². The third-order valence-electron chi connectivity index (χ3n) is 4.65. The third-order valence-corrected chi connectivity index (χ3v) is 4.65. The van der Waals surface area contributed by atoms with Crippen molar-refractivity contribution in [3.63, 3.8) is 0 Å². The molecule has 0 amide bonds. The molecule has 0 spiro atoms. The minimum absolute atomic E-state index is 0. The number of carbonyl (C=O) groups excluding carboxylic acids is 1. The van der Waals surface area contributed by atoms with Crippen LogP contribution in [0.3, 0.4) is 0 Å². The molecule has 21 heavy (non-hydrogen) atoms. The maximum absolute atomic E-state index is 12.0. The van der Waals surface area contributed by atoms with Crippen LogP contribution >= 0.6 is 0 Å². The Bertz CT molecular complexity index is 236. The molecule has 0 saturated carbocycles. The SMILES string of the molecule is CCCCCCCCCCCCCC(=O)C(C)(C)CC.N. The Morgan fingerprint density at radius 3 is 1.48 bits per heavy atom. The van der Waals surface area contributed by atoms with E-state index in [9.17, 15) is 4.79 Å². The average Bonchev–Trinajstić information content (AvgIpc) is 2.44. The molecule has 128 valence electrons. The molecule has 0 aromatic heterocycles. The largest absolute Gasteiger partial charge is 0.344 e. The fourth-order valence-electron chi connectivity index (χ4n) is 2.49. The predicted molar refractivity (Wildman–Crippen MR) is 95.2 cm³/mol. The fraction of sp³-hybridized carbons (Fsp3) is 0.947. The zero-order valence-corrected chi connectivity index (χ0v) is 15.3. The summed E-state index contributed by atoms with van der Waals surface area (Å²) in [6.07, 6.45) is 16.6. The fourth-order valence-corrected chi connectivity index (χ4v) is 2.49. The molecule has 0 saturated heterocycles. The highest BCUT2D eigenvalue weighted by molar-refractivity contribution is 5.83. The van der Waals surface area contributed by atoms with E-state index >= 15 is 0 Å². The number of hydrogen-bond donors (Lipinski definition) is 1. The van der Waals surface area contributed by atoms with Crippen LogP contribution in [-0.4, -0.2) is 5.78 Å². The summed E-state index contributed by atoms with van der Waals surface area (Å²) in [7, 11) is 0. The number of ketones is 1. The van der Waals surface area contributed by atoms with E-state index in [0.29, 0.717) is 5.78 Å².